The summed E-state index contributed by atoms with van der Waals surface area (Å²) in [6.45, 7) is 1.16. The fourth-order valence-corrected chi connectivity index (χ4v) is 3.91. The molecule has 2 aliphatic heterocycles. The Balaban J connectivity index is 1.69. The number of aliphatic hydroxyl groups is 6. The third kappa shape index (κ3) is 10.1. The van der Waals surface area contributed by atoms with Crippen LogP contribution in [0, 0.1) is 0 Å². The number of rotatable bonds is 14. The van der Waals surface area contributed by atoms with Gasteiger partial charge in [-0.05, 0) is 13.8 Å². The van der Waals surface area contributed by atoms with Crippen molar-refractivity contribution in [3.05, 3.63) is 0 Å². The van der Waals surface area contributed by atoms with Crippen LogP contribution >= 0.6 is 0 Å². The molecule has 0 aromatic rings. The summed E-state index contributed by atoms with van der Waals surface area (Å²) in [5.74, 6) is -2.48. The summed E-state index contributed by atoms with van der Waals surface area (Å²) in [5, 5.41) is 72.8. The van der Waals surface area contributed by atoms with Gasteiger partial charge in [-0.15, -0.1) is 0 Å². The first-order valence-electron chi connectivity index (χ1n) is 12.4. The average Bonchev–Trinajstić information content (AvgIpc) is 2.87. The lowest BCUT2D eigenvalue weighted by atomic mass is 10.0. The quantitative estimate of drug-likeness (QED) is 0.0883. The van der Waals surface area contributed by atoms with Crippen molar-refractivity contribution >= 4 is 17.8 Å². The van der Waals surface area contributed by atoms with E-state index in [1.165, 1.54) is 13.8 Å². The predicted octanol–water partition coefficient (Wildman–Crippen LogP) is -5.71. The highest BCUT2D eigenvalue weighted by Crippen LogP contribution is 2.22. The topological polar surface area (TPSA) is 257 Å². The average molecular weight is 570 g/mol. The lowest BCUT2D eigenvalue weighted by Gasteiger charge is -2.38. The van der Waals surface area contributed by atoms with Crippen molar-refractivity contribution < 1.29 is 69.1 Å². The molecule has 0 saturated carbocycles. The Labute approximate surface area is 224 Å². The van der Waals surface area contributed by atoms with Gasteiger partial charge >= 0.3 is 5.97 Å². The Bertz CT molecular complexity index is 750. The highest BCUT2D eigenvalue weighted by Gasteiger charge is 2.43. The molecule has 2 saturated heterocycles. The molecule has 2 aliphatic rings. The van der Waals surface area contributed by atoms with Gasteiger partial charge < -0.3 is 65.3 Å². The van der Waals surface area contributed by atoms with Crippen LogP contribution in [0.3, 0.4) is 0 Å². The summed E-state index contributed by atoms with van der Waals surface area (Å²) in [4.78, 5) is 36.7. The van der Waals surface area contributed by atoms with E-state index in [-0.39, 0.29) is 26.3 Å². The Morgan fingerprint density at radius 1 is 0.667 bits per heavy atom. The molecular weight excluding hydrogens is 530 g/mol. The van der Waals surface area contributed by atoms with Gasteiger partial charge in [0, 0.05) is 13.1 Å². The van der Waals surface area contributed by atoms with Gasteiger partial charge in [-0.1, -0.05) is 0 Å². The molecule has 0 aromatic heterocycles. The largest absolute Gasteiger partial charge is 0.480 e. The van der Waals surface area contributed by atoms with Crippen LogP contribution in [0.2, 0.25) is 0 Å². The van der Waals surface area contributed by atoms with Crippen LogP contribution in [0.15, 0.2) is 0 Å². The first-order chi connectivity index (χ1) is 18.3. The summed E-state index contributed by atoms with van der Waals surface area (Å²) in [6.07, 6.45) is -12.5. The summed E-state index contributed by atoms with van der Waals surface area (Å²) in [6, 6.07) is 0. The van der Waals surface area contributed by atoms with Crippen molar-refractivity contribution in [1.82, 2.24) is 15.5 Å². The number of nitrogens with zero attached hydrogens (tertiary/aromatic N) is 1. The van der Waals surface area contributed by atoms with Crippen LogP contribution in [-0.4, -0.2) is 166 Å². The van der Waals surface area contributed by atoms with Crippen molar-refractivity contribution in [3.63, 3.8) is 0 Å². The molecule has 0 bridgehead atoms. The molecule has 17 nitrogen and oxygen atoms in total. The molecular formula is C22H39N3O14. The number of carboxylic acids is 1. The maximum Gasteiger partial charge on any atom is 0.317 e. The zero-order valence-electron chi connectivity index (χ0n) is 21.7. The van der Waals surface area contributed by atoms with E-state index >= 15 is 0 Å². The van der Waals surface area contributed by atoms with E-state index in [1.54, 1.807) is 0 Å². The van der Waals surface area contributed by atoms with Gasteiger partial charge in [0.15, 0.2) is 12.6 Å². The Hall–Kier alpha value is -2.03. The van der Waals surface area contributed by atoms with E-state index < -0.39 is 98.8 Å². The van der Waals surface area contributed by atoms with E-state index in [0.29, 0.717) is 0 Å². The van der Waals surface area contributed by atoms with Crippen molar-refractivity contribution in [2.45, 2.75) is 75.3 Å². The summed E-state index contributed by atoms with van der Waals surface area (Å²) in [7, 11) is 0. The van der Waals surface area contributed by atoms with E-state index in [2.05, 4.69) is 10.6 Å². The molecule has 17 heteroatoms. The zero-order valence-corrected chi connectivity index (χ0v) is 21.7. The lowest BCUT2D eigenvalue weighted by molar-refractivity contribution is -0.292. The van der Waals surface area contributed by atoms with Gasteiger partial charge in [0.05, 0.1) is 45.1 Å². The van der Waals surface area contributed by atoms with Crippen LogP contribution in [-0.2, 0) is 33.3 Å². The SMILES string of the molecule is C[C@@H]1O[C@@H](OCCNC(=O)CN(CC(=O)O)CC(=O)NCCO[C@@H]2O[C@@H](C)[C@@H](O)[C@@H](O)[C@@H]2O)[C@@H](O)[C@H](O)[C@@H]1O. The Kier molecular flexibility index (Phi) is 13.3. The van der Waals surface area contributed by atoms with Gasteiger partial charge in [-0.3, -0.25) is 19.3 Å². The summed E-state index contributed by atoms with van der Waals surface area (Å²) in [5.41, 5.74) is 0. The van der Waals surface area contributed by atoms with Crippen LogP contribution < -0.4 is 10.6 Å². The van der Waals surface area contributed by atoms with Gasteiger partial charge in [0.2, 0.25) is 11.8 Å². The summed E-state index contributed by atoms with van der Waals surface area (Å²) >= 11 is 0. The number of hydrogen-bond acceptors (Lipinski definition) is 14. The maximum atomic E-state index is 12.2. The number of aliphatic hydroxyl groups excluding tert-OH is 6. The van der Waals surface area contributed by atoms with Crippen molar-refractivity contribution in [3.8, 4) is 0 Å². The second-order valence-corrected chi connectivity index (χ2v) is 9.34. The molecule has 0 unspecified atom stereocenters. The number of nitrogens with one attached hydrogen (secondary N) is 2. The molecule has 9 N–H and O–H groups in total. The van der Waals surface area contributed by atoms with E-state index in [9.17, 15) is 45.0 Å². The normalized spacial score (nSPS) is 35.0. The van der Waals surface area contributed by atoms with Crippen LogP contribution in [0.25, 0.3) is 0 Å². The van der Waals surface area contributed by atoms with Crippen molar-refractivity contribution in [2.24, 2.45) is 0 Å². The third-order valence-corrected chi connectivity index (χ3v) is 6.12. The van der Waals surface area contributed by atoms with E-state index in [0.717, 1.165) is 4.90 Å². The van der Waals surface area contributed by atoms with Gasteiger partial charge in [-0.2, -0.15) is 0 Å². The molecule has 10 atom stereocenters. The minimum absolute atomic E-state index is 0.0533. The van der Waals surface area contributed by atoms with Gasteiger partial charge in [-0.25, -0.2) is 0 Å². The number of ether oxygens (including phenoxy) is 4. The van der Waals surface area contributed by atoms with E-state index in [4.69, 9.17) is 24.1 Å². The minimum atomic E-state index is -1.50. The van der Waals surface area contributed by atoms with Crippen LogP contribution in [0.4, 0.5) is 0 Å². The molecule has 226 valence electrons. The summed E-state index contributed by atoms with van der Waals surface area (Å²) < 4.78 is 21.1. The van der Waals surface area contributed by atoms with E-state index in [1.807, 2.05) is 0 Å². The number of carbonyl (C=O) groups is 3. The molecule has 0 aromatic carbocycles. The number of hydrogen-bond donors (Lipinski definition) is 9. The molecule has 0 aliphatic carbocycles. The molecule has 0 radical (unpaired) electrons. The third-order valence-electron chi connectivity index (χ3n) is 6.12. The molecule has 2 amide bonds. The Morgan fingerprint density at radius 2 is 1.05 bits per heavy atom. The molecule has 0 spiro atoms. The predicted molar refractivity (Wildman–Crippen MR) is 127 cm³/mol. The van der Waals surface area contributed by atoms with Gasteiger partial charge in [0.25, 0.3) is 0 Å². The lowest BCUT2D eigenvalue weighted by Crippen LogP contribution is -2.57. The first kappa shape index (κ1) is 33.2. The van der Waals surface area contributed by atoms with Gasteiger partial charge in [0.1, 0.15) is 36.6 Å². The first-order valence-corrected chi connectivity index (χ1v) is 12.4. The van der Waals surface area contributed by atoms with Crippen molar-refractivity contribution in [2.75, 3.05) is 45.9 Å². The number of carboxylic acid groups (broad SMARTS) is 1. The standard InChI is InChI=1S/C22H39N3O14/c1-10-15(30)17(32)19(34)21(38-10)36-5-3-23-12(26)7-25(9-14(28)29)8-13(27)24-4-6-37-22-20(35)18(33)16(31)11(2)39-22/h10-11,15-22,30-35H,3-9H2,1-2H3,(H,23,26)(H,24,27)(H,28,29)/t10-,11-,15+,16+,17+,18+,19-,20-,21+,22+/m0/s1. The number of aliphatic carboxylic acids is 1. The minimum Gasteiger partial charge on any atom is -0.480 e. The number of carbonyl (C=O) groups excluding carboxylic acids is 2. The number of amides is 2. The molecule has 2 rings (SSSR count). The highest BCUT2D eigenvalue weighted by atomic mass is 16.7. The Morgan fingerprint density at radius 3 is 1.41 bits per heavy atom. The van der Waals surface area contributed by atoms with Crippen molar-refractivity contribution in [1.29, 1.82) is 0 Å². The second kappa shape index (κ2) is 15.7. The second-order valence-electron chi connectivity index (χ2n) is 9.34. The van der Waals surface area contributed by atoms with Crippen LogP contribution in [0.5, 0.6) is 0 Å². The fraction of sp³-hybridized carbons (Fsp3) is 0.864. The smallest absolute Gasteiger partial charge is 0.317 e. The molecule has 39 heavy (non-hydrogen) atoms. The molecule has 2 fully saturated rings. The highest BCUT2D eigenvalue weighted by molar-refractivity contribution is 5.82. The van der Waals surface area contributed by atoms with Crippen LogP contribution in [0.1, 0.15) is 13.8 Å². The molecule has 2 heterocycles. The monoisotopic (exact) mass is 569 g/mol. The maximum absolute atomic E-state index is 12.2. The zero-order chi connectivity index (χ0) is 29.3. The fourth-order valence-electron chi connectivity index (χ4n) is 3.91.